The van der Waals surface area contributed by atoms with Gasteiger partial charge in [-0.15, -0.1) is 11.3 Å². The van der Waals surface area contributed by atoms with Crippen molar-refractivity contribution in [2.75, 3.05) is 18.3 Å². The van der Waals surface area contributed by atoms with Crippen molar-refractivity contribution in [1.82, 2.24) is 10.2 Å². The van der Waals surface area contributed by atoms with Crippen molar-refractivity contribution in [3.05, 3.63) is 46.2 Å². The predicted octanol–water partition coefficient (Wildman–Crippen LogP) is 2.59. The highest BCUT2D eigenvalue weighted by molar-refractivity contribution is 7.91. The minimum atomic E-state index is -1.61. The lowest BCUT2D eigenvalue weighted by atomic mass is 10.0. The third-order valence-corrected chi connectivity index (χ3v) is 8.29. The molecule has 2 unspecified atom stereocenters. The van der Waals surface area contributed by atoms with Gasteiger partial charge in [-0.1, -0.05) is 44.2 Å². The Balaban J connectivity index is 1.80. The third-order valence-electron chi connectivity index (χ3n) is 5.52. The molecule has 178 valence electrons. The number of anilines is 1. The van der Waals surface area contributed by atoms with E-state index in [4.69, 9.17) is 0 Å². The van der Waals surface area contributed by atoms with Gasteiger partial charge in [0.1, 0.15) is 17.5 Å². The Morgan fingerprint density at radius 3 is 2.58 bits per heavy atom. The number of likely N-dealkylation sites (tertiary alicyclic amines) is 1. The fraction of sp³-hybridized carbons (Fsp3) is 0.435. The molecule has 10 heteroatoms. The SMILES string of the molecule is CNC(=O)[C@H](Cc1ccccc1)N1C(=O)CC(C[S+]([O-])c2c(NO)csc2CC(C)C)C1=O. The molecule has 1 saturated heterocycles. The molecule has 1 aromatic carbocycles. The molecule has 0 radical (unpaired) electrons. The summed E-state index contributed by atoms with van der Waals surface area (Å²) in [5.74, 6) is -1.88. The molecule has 3 N–H and O–H groups in total. The van der Waals surface area contributed by atoms with Gasteiger partial charge in [0.15, 0.2) is 4.90 Å². The van der Waals surface area contributed by atoms with E-state index < -0.39 is 40.9 Å². The summed E-state index contributed by atoms with van der Waals surface area (Å²) in [6, 6.07) is 8.22. The summed E-state index contributed by atoms with van der Waals surface area (Å²) < 4.78 is 13.3. The summed E-state index contributed by atoms with van der Waals surface area (Å²) in [6.45, 7) is 4.09. The van der Waals surface area contributed by atoms with E-state index in [1.807, 2.05) is 44.2 Å². The Morgan fingerprint density at radius 1 is 1.27 bits per heavy atom. The van der Waals surface area contributed by atoms with Crippen molar-refractivity contribution in [3.8, 4) is 0 Å². The van der Waals surface area contributed by atoms with Crippen molar-refractivity contribution in [1.29, 1.82) is 0 Å². The number of hydrogen-bond donors (Lipinski definition) is 3. The van der Waals surface area contributed by atoms with Crippen LogP contribution >= 0.6 is 11.3 Å². The van der Waals surface area contributed by atoms with Crippen LogP contribution < -0.4 is 10.8 Å². The molecule has 2 heterocycles. The second kappa shape index (κ2) is 11.1. The standard InChI is InChI=1S/C23H29N3O5S2/c1-14(2)9-19-21(17(25-30)12-32-19)33(31)13-16-11-20(27)26(23(16)29)18(22(28)24-3)10-15-7-5-4-6-8-15/h4-8,12,14,16,18,25,30H,9-11,13H2,1-3H3,(H,24,28)/t16?,18-,33?/m0/s1. The summed E-state index contributed by atoms with van der Waals surface area (Å²) in [7, 11) is 1.47. The molecule has 3 amide bonds. The van der Waals surface area contributed by atoms with Gasteiger partial charge in [0.2, 0.25) is 17.7 Å². The van der Waals surface area contributed by atoms with Gasteiger partial charge in [-0.2, -0.15) is 0 Å². The highest BCUT2D eigenvalue weighted by Crippen LogP contribution is 2.36. The molecule has 3 rings (SSSR count). The van der Waals surface area contributed by atoms with Crippen LogP contribution in [0.4, 0.5) is 5.69 Å². The molecule has 1 fully saturated rings. The first-order valence-electron chi connectivity index (χ1n) is 10.8. The van der Waals surface area contributed by atoms with Crippen LogP contribution in [0.2, 0.25) is 0 Å². The van der Waals surface area contributed by atoms with E-state index in [-0.39, 0.29) is 18.6 Å². The van der Waals surface area contributed by atoms with Gasteiger partial charge < -0.3 is 9.87 Å². The first-order valence-corrected chi connectivity index (χ1v) is 13.0. The summed E-state index contributed by atoms with van der Waals surface area (Å²) in [5.41, 5.74) is 3.28. The Morgan fingerprint density at radius 2 is 1.97 bits per heavy atom. The summed E-state index contributed by atoms with van der Waals surface area (Å²) in [6.07, 6.45) is 0.792. The van der Waals surface area contributed by atoms with Crippen molar-refractivity contribution < 1.29 is 24.1 Å². The maximum absolute atomic E-state index is 13.3. The van der Waals surface area contributed by atoms with E-state index in [1.165, 1.54) is 18.4 Å². The Hall–Kier alpha value is -2.40. The largest absolute Gasteiger partial charge is 0.611 e. The van der Waals surface area contributed by atoms with Crippen molar-refractivity contribution in [3.63, 3.8) is 0 Å². The number of nitrogens with one attached hydrogen (secondary N) is 2. The van der Waals surface area contributed by atoms with Crippen LogP contribution in [0.3, 0.4) is 0 Å². The Bertz CT molecular complexity index is 995. The molecule has 33 heavy (non-hydrogen) atoms. The summed E-state index contributed by atoms with van der Waals surface area (Å²) in [4.78, 5) is 41.0. The fourth-order valence-corrected chi connectivity index (χ4v) is 7.03. The van der Waals surface area contributed by atoms with Gasteiger partial charge in [0.05, 0.1) is 10.8 Å². The smallest absolute Gasteiger partial charge is 0.243 e. The minimum Gasteiger partial charge on any atom is -0.611 e. The first-order chi connectivity index (χ1) is 15.8. The normalized spacial score (nSPS) is 18.0. The zero-order valence-corrected chi connectivity index (χ0v) is 20.5. The third kappa shape index (κ3) is 5.75. The lowest BCUT2D eigenvalue weighted by Crippen LogP contribution is -2.50. The molecule has 1 aromatic heterocycles. The first kappa shape index (κ1) is 25.2. The van der Waals surface area contributed by atoms with Gasteiger partial charge in [-0.05, 0) is 29.1 Å². The molecule has 0 saturated carbocycles. The number of rotatable bonds is 10. The van der Waals surface area contributed by atoms with E-state index in [0.29, 0.717) is 22.9 Å². The molecule has 8 nitrogen and oxygen atoms in total. The van der Waals surface area contributed by atoms with Gasteiger partial charge in [-0.25, -0.2) is 0 Å². The highest BCUT2D eigenvalue weighted by atomic mass is 32.2. The van der Waals surface area contributed by atoms with E-state index in [9.17, 15) is 24.1 Å². The zero-order valence-electron chi connectivity index (χ0n) is 18.9. The summed E-state index contributed by atoms with van der Waals surface area (Å²) >= 11 is -0.209. The quantitative estimate of drug-likeness (QED) is 0.267. The lowest BCUT2D eigenvalue weighted by Gasteiger charge is -2.25. The summed E-state index contributed by atoms with van der Waals surface area (Å²) in [5, 5.41) is 13.7. The maximum Gasteiger partial charge on any atom is 0.243 e. The van der Waals surface area contributed by atoms with Gasteiger partial charge >= 0.3 is 0 Å². The van der Waals surface area contributed by atoms with Crippen molar-refractivity contribution >= 4 is 45.9 Å². The maximum atomic E-state index is 13.3. The molecular formula is C23H29N3O5S2. The number of carbonyl (C=O) groups excluding carboxylic acids is 3. The molecule has 0 aliphatic carbocycles. The van der Waals surface area contributed by atoms with E-state index >= 15 is 0 Å². The van der Waals surface area contributed by atoms with Crippen LogP contribution in [0.1, 0.15) is 30.7 Å². The molecule has 1 aliphatic rings. The number of carbonyl (C=O) groups is 3. The number of hydrogen-bond acceptors (Lipinski definition) is 7. The lowest BCUT2D eigenvalue weighted by molar-refractivity contribution is -0.147. The van der Waals surface area contributed by atoms with Gasteiger partial charge in [0, 0.05) is 25.3 Å². The van der Waals surface area contributed by atoms with Crippen molar-refractivity contribution in [2.24, 2.45) is 11.8 Å². The van der Waals surface area contributed by atoms with E-state index in [0.717, 1.165) is 15.3 Å². The number of nitrogens with zero attached hydrogens (tertiary/aromatic N) is 1. The van der Waals surface area contributed by atoms with Crippen LogP contribution in [-0.2, 0) is 38.4 Å². The average Bonchev–Trinajstić information content (AvgIpc) is 3.31. The average molecular weight is 492 g/mol. The minimum absolute atomic E-state index is 0.0522. The van der Waals surface area contributed by atoms with Crippen LogP contribution in [-0.4, -0.2) is 51.2 Å². The molecule has 0 spiro atoms. The molecule has 2 aromatic rings. The zero-order chi connectivity index (χ0) is 24.1. The Kier molecular flexibility index (Phi) is 8.52. The van der Waals surface area contributed by atoms with Crippen LogP contribution in [0, 0.1) is 11.8 Å². The number of amides is 3. The van der Waals surface area contributed by atoms with Crippen LogP contribution in [0.15, 0.2) is 40.6 Å². The number of likely N-dealkylation sites (N-methyl/N-ethyl adjacent to an activating group) is 1. The van der Waals surface area contributed by atoms with Gasteiger partial charge in [-0.3, -0.25) is 30.0 Å². The number of thiophene rings is 1. The number of imide groups is 1. The molecule has 0 bridgehead atoms. The van der Waals surface area contributed by atoms with E-state index in [1.54, 1.807) is 5.38 Å². The molecule has 3 atom stereocenters. The van der Waals surface area contributed by atoms with Crippen LogP contribution in [0.5, 0.6) is 0 Å². The van der Waals surface area contributed by atoms with Crippen molar-refractivity contribution in [2.45, 2.75) is 44.0 Å². The second-order valence-corrected chi connectivity index (χ2v) is 10.8. The number of benzene rings is 1. The second-order valence-electron chi connectivity index (χ2n) is 8.45. The fourth-order valence-electron chi connectivity index (χ4n) is 3.97. The predicted molar refractivity (Wildman–Crippen MR) is 128 cm³/mol. The Labute approximate surface area is 200 Å². The highest BCUT2D eigenvalue weighted by Gasteiger charge is 2.46. The topological polar surface area (TPSA) is 122 Å². The molecule has 1 aliphatic heterocycles. The van der Waals surface area contributed by atoms with Gasteiger partial charge in [0.25, 0.3) is 0 Å². The van der Waals surface area contributed by atoms with E-state index in [2.05, 4.69) is 10.8 Å². The monoisotopic (exact) mass is 491 g/mol. The van der Waals surface area contributed by atoms with Crippen LogP contribution in [0.25, 0.3) is 0 Å². The molecular weight excluding hydrogens is 462 g/mol.